The fourth-order valence-electron chi connectivity index (χ4n) is 1.82. The molecule has 1 saturated heterocycles. The summed E-state index contributed by atoms with van der Waals surface area (Å²) in [5, 5.41) is 0. The zero-order chi connectivity index (χ0) is 8.43. The van der Waals surface area contributed by atoms with Gasteiger partial charge in [-0.3, -0.25) is 0 Å². The Labute approximate surface area is 75.7 Å². The van der Waals surface area contributed by atoms with Crippen molar-refractivity contribution in [2.24, 2.45) is 11.8 Å². The van der Waals surface area contributed by atoms with Crippen LogP contribution in [0.2, 0.25) is 0 Å². The van der Waals surface area contributed by atoms with Crippen LogP contribution in [-0.4, -0.2) is 25.7 Å². The lowest BCUT2D eigenvalue weighted by atomic mass is 9.80. The molecule has 1 heterocycles. The fourth-order valence-corrected chi connectivity index (χ4v) is 2.18. The molecule has 0 saturated carbocycles. The highest BCUT2D eigenvalue weighted by Gasteiger charge is 2.36. The summed E-state index contributed by atoms with van der Waals surface area (Å²) in [6, 6.07) is -0.0721. The molecular weight excluding hydrogens is 155 g/mol. The molecule has 2 radical (unpaired) electrons. The molecule has 11 heavy (non-hydrogen) atoms. The molecule has 4 atom stereocenters. The van der Waals surface area contributed by atoms with Gasteiger partial charge in [0.1, 0.15) is 7.85 Å². The van der Waals surface area contributed by atoms with Gasteiger partial charge in [0, 0.05) is 11.8 Å². The van der Waals surface area contributed by atoms with Crippen LogP contribution in [0.1, 0.15) is 20.3 Å². The van der Waals surface area contributed by atoms with E-state index in [-0.39, 0.29) is 12.1 Å². The number of ether oxygens (including phenoxy) is 1. The fraction of sp³-hybridized carbons (Fsp3) is 1.00. The third-order valence-corrected chi connectivity index (χ3v) is 3.01. The predicted octanol–water partition coefficient (Wildman–Crippen LogP) is 1.47. The Morgan fingerprint density at radius 2 is 2.18 bits per heavy atom. The van der Waals surface area contributed by atoms with Gasteiger partial charge >= 0.3 is 0 Å². The number of thiol groups is 1. The second-order valence-corrected chi connectivity index (χ2v) is 3.62. The molecule has 4 unspecified atom stereocenters. The minimum Gasteiger partial charge on any atom is -0.383 e. The summed E-state index contributed by atoms with van der Waals surface area (Å²) in [6.07, 6.45) is 1.41. The summed E-state index contributed by atoms with van der Waals surface area (Å²) in [7, 11) is 5.75. The molecule has 0 aliphatic carbocycles. The quantitative estimate of drug-likeness (QED) is 0.487. The van der Waals surface area contributed by atoms with Crippen LogP contribution in [0.3, 0.4) is 0 Å². The molecule has 1 aliphatic rings. The lowest BCUT2D eigenvalue weighted by Gasteiger charge is -2.17. The van der Waals surface area contributed by atoms with Crippen molar-refractivity contribution in [2.45, 2.75) is 32.4 Å². The first-order valence-corrected chi connectivity index (χ1v) is 4.85. The first kappa shape index (κ1) is 9.46. The van der Waals surface area contributed by atoms with Crippen molar-refractivity contribution < 1.29 is 4.74 Å². The van der Waals surface area contributed by atoms with Crippen molar-refractivity contribution in [3.63, 3.8) is 0 Å². The summed E-state index contributed by atoms with van der Waals surface area (Å²) >= 11 is 4.23. The van der Waals surface area contributed by atoms with E-state index in [9.17, 15) is 0 Å². The largest absolute Gasteiger partial charge is 0.383 e. The van der Waals surface area contributed by atoms with Crippen molar-refractivity contribution >= 4 is 20.5 Å². The Morgan fingerprint density at radius 3 is 2.55 bits per heavy atom. The average molecular weight is 170 g/mol. The summed E-state index contributed by atoms with van der Waals surface area (Å²) < 4.78 is 5.53. The highest BCUT2D eigenvalue weighted by Crippen LogP contribution is 2.33. The van der Waals surface area contributed by atoms with Gasteiger partial charge in [0.2, 0.25) is 0 Å². The van der Waals surface area contributed by atoms with Gasteiger partial charge in [-0.2, -0.15) is 12.6 Å². The van der Waals surface area contributed by atoms with Gasteiger partial charge in [-0.15, -0.1) is 0 Å². The van der Waals surface area contributed by atoms with E-state index in [1.165, 1.54) is 0 Å². The Kier molecular flexibility index (Phi) is 3.32. The number of rotatable bonds is 2. The van der Waals surface area contributed by atoms with Gasteiger partial charge in [0.25, 0.3) is 0 Å². The lowest BCUT2D eigenvalue weighted by molar-refractivity contribution is 0.0863. The summed E-state index contributed by atoms with van der Waals surface area (Å²) in [5.74, 6) is 1.87. The van der Waals surface area contributed by atoms with E-state index in [1.807, 2.05) is 0 Å². The Balaban J connectivity index is 2.57. The minimum atomic E-state index is -0.0721. The normalized spacial score (nSPS) is 44.6. The first-order chi connectivity index (χ1) is 5.20. The molecule has 1 fully saturated rings. The van der Waals surface area contributed by atoms with E-state index >= 15 is 0 Å². The van der Waals surface area contributed by atoms with Crippen molar-refractivity contribution in [2.75, 3.05) is 5.75 Å². The van der Waals surface area contributed by atoms with Crippen LogP contribution in [0.15, 0.2) is 0 Å². The van der Waals surface area contributed by atoms with Gasteiger partial charge in [0.15, 0.2) is 0 Å². The third-order valence-electron chi connectivity index (χ3n) is 2.65. The van der Waals surface area contributed by atoms with Crippen LogP contribution in [0, 0.1) is 11.8 Å². The van der Waals surface area contributed by atoms with Crippen LogP contribution in [0.25, 0.3) is 0 Å². The highest BCUT2D eigenvalue weighted by molar-refractivity contribution is 7.80. The predicted molar refractivity (Wildman–Crippen MR) is 51.2 cm³/mol. The van der Waals surface area contributed by atoms with Gasteiger partial charge in [-0.1, -0.05) is 20.3 Å². The van der Waals surface area contributed by atoms with E-state index < -0.39 is 0 Å². The Hall–Kier alpha value is 0.375. The molecule has 62 valence electrons. The summed E-state index contributed by atoms with van der Waals surface area (Å²) in [6.45, 7) is 4.33. The maximum absolute atomic E-state index is 5.75. The smallest absolute Gasteiger partial charge is 0.109 e. The third kappa shape index (κ3) is 1.75. The molecule has 0 spiro atoms. The Morgan fingerprint density at radius 1 is 1.55 bits per heavy atom. The zero-order valence-corrected chi connectivity index (χ0v) is 8.05. The van der Waals surface area contributed by atoms with Gasteiger partial charge in [0.05, 0.1) is 6.10 Å². The van der Waals surface area contributed by atoms with Crippen LogP contribution in [0.5, 0.6) is 0 Å². The molecule has 1 rings (SSSR count). The molecule has 0 amide bonds. The van der Waals surface area contributed by atoms with Gasteiger partial charge < -0.3 is 4.74 Å². The highest BCUT2D eigenvalue weighted by atomic mass is 32.1. The van der Waals surface area contributed by atoms with Crippen LogP contribution in [0.4, 0.5) is 0 Å². The standard InChI is InChI=1S/C8H15BOS/c1-3-6-5(2)8(9)10-7(6)4-11/h5-8,11H,3-4H2,1-2H3. The number of hydrogen-bond donors (Lipinski definition) is 1. The second kappa shape index (κ2) is 3.86. The maximum Gasteiger partial charge on any atom is 0.109 e. The van der Waals surface area contributed by atoms with Crippen LogP contribution < -0.4 is 0 Å². The van der Waals surface area contributed by atoms with Gasteiger partial charge in [-0.25, -0.2) is 0 Å². The molecule has 0 aromatic heterocycles. The zero-order valence-electron chi connectivity index (χ0n) is 7.16. The minimum absolute atomic E-state index is 0.0721. The van der Waals surface area contributed by atoms with E-state index in [1.54, 1.807) is 0 Å². The molecule has 0 bridgehead atoms. The molecule has 0 aromatic carbocycles. The maximum atomic E-state index is 5.75. The molecular formula is C8H15BOS. The van der Waals surface area contributed by atoms with E-state index in [0.717, 1.165) is 12.2 Å². The van der Waals surface area contributed by atoms with Gasteiger partial charge in [-0.05, 0) is 11.8 Å². The SMILES string of the molecule is [B]C1OC(CS)C(CC)C1C. The van der Waals surface area contributed by atoms with E-state index in [0.29, 0.717) is 11.8 Å². The Bertz CT molecular complexity index is 131. The molecule has 1 nitrogen and oxygen atoms in total. The molecule has 0 N–H and O–H groups in total. The number of hydrogen-bond acceptors (Lipinski definition) is 2. The topological polar surface area (TPSA) is 9.23 Å². The van der Waals surface area contributed by atoms with Crippen LogP contribution >= 0.6 is 12.6 Å². The summed E-state index contributed by atoms with van der Waals surface area (Å²) in [4.78, 5) is 0. The van der Waals surface area contributed by atoms with Crippen molar-refractivity contribution in [1.29, 1.82) is 0 Å². The average Bonchev–Trinajstić information content (AvgIpc) is 2.28. The second-order valence-electron chi connectivity index (χ2n) is 3.25. The monoisotopic (exact) mass is 170 g/mol. The van der Waals surface area contributed by atoms with E-state index in [4.69, 9.17) is 12.6 Å². The van der Waals surface area contributed by atoms with Crippen LogP contribution in [-0.2, 0) is 4.74 Å². The molecule has 1 aliphatic heterocycles. The lowest BCUT2D eigenvalue weighted by Crippen LogP contribution is -2.20. The summed E-state index contributed by atoms with van der Waals surface area (Å²) in [5.41, 5.74) is 0. The molecule has 3 heteroatoms. The molecule has 0 aromatic rings. The first-order valence-electron chi connectivity index (χ1n) is 4.22. The van der Waals surface area contributed by atoms with E-state index in [2.05, 4.69) is 26.5 Å². The van der Waals surface area contributed by atoms with Crippen molar-refractivity contribution in [3.8, 4) is 0 Å². The van der Waals surface area contributed by atoms with Crippen molar-refractivity contribution in [3.05, 3.63) is 0 Å². The van der Waals surface area contributed by atoms with Crippen molar-refractivity contribution in [1.82, 2.24) is 0 Å².